The number of nitrogens with one attached hydrogen (secondary N) is 1. The SMILES string of the molecule is CCOC(=O)C(C)(CCN1CCc2ccc(F)cc21)NC. The summed E-state index contributed by atoms with van der Waals surface area (Å²) in [6, 6.07) is 4.91. The maximum Gasteiger partial charge on any atom is 0.326 e. The molecule has 0 amide bonds. The number of hydrogen-bond donors (Lipinski definition) is 1. The van der Waals surface area contributed by atoms with Gasteiger partial charge in [0.2, 0.25) is 0 Å². The smallest absolute Gasteiger partial charge is 0.326 e. The van der Waals surface area contributed by atoms with Gasteiger partial charge in [0.25, 0.3) is 0 Å². The van der Waals surface area contributed by atoms with Gasteiger partial charge >= 0.3 is 5.97 Å². The molecule has 0 aromatic heterocycles. The van der Waals surface area contributed by atoms with Crippen LogP contribution in [-0.4, -0.2) is 38.3 Å². The van der Waals surface area contributed by atoms with Crippen molar-refractivity contribution in [3.8, 4) is 0 Å². The van der Waals surface area contributed by atoms with E-state index in [-0.39, 0.29) is 11.8 Å². The summed E-state index contributed by atoms with van der Waals surface area (Å²) in [7, 11) is 1.76. The fraction of sp³-hybridized carbons (Fsp3) is 0.562. The average Bonchev–Trinajstić information content (AvgIpc) is 2.87. The molecule has 1 N–H and O–H groups in total. The van der Waals surface area contributed by atoms with Crippen LogP contribution in [0.25, 0.3) is 0 Å². The lowest BCUT2D eigenvalue weighted by molar-refractivity contribution is -0.150. The first-order valence-corrected chi connectivity index (χ1v) is 7.39. The Morgan fingerprint density at radius 3 is 2.95 bits per heavy atom. The van der Waals surface area contributed by atoms with Crippen molar-refractivity contribution in [2.45, 2.75) is 32.2 Å². The second-order valence-electron chi connectivity index (χ2n) is 5.56. The van der Waals surface area contributed by atoms with E-state index < -0.39 is 5.54 Å². The number of likely N-dealkylation sites (N-methyl/N-ethyl adjacent to an activating group) is 1. The zero-order valence-corrected chi connectivity index (χ0v) is 12.9. The van der Waals surface area contributed by atoms with Crippen LogP contribution in [0.2, 0.25) is 0 Å². The second-order valence-corrected chi connectivity index (χ2v) is 5.56. The molecular formula is C16H23FN2O2. The minimum absolute atomic E-state index is 0.220. The first kappa shape index (κ1) is 15.8. The molecule has 116 valence electrons. The topological polar surface area (TPSA) is 41.6 Å². The van der Waals surface area contributed by atoms with Crippen molar-refractivity contribution in [2.75, 3.05) is 31.6 Å². The molecule has 1 aliphatic rings. The van der Waals surface area contributed by atoms with Crippen LogP contribution < -0.4 is 10.2 Å². The number of rotatable bonds is 6. The van der Waals surface area contributed by atoms with Gasteiger partial charge in [0.15, 0.2) is 0 Å². The van der Waals surface area contributed by atoms with Crippen LogP contribution in [0.3, 0.4) is 0 Å². The standard InChI is InChI=1S/C16H23FN2O2/c1-4-21-15(20)16(2,18-3)8-10-19-9-7-12-5-6-13(17)11-14(12)19/h5-6,11,18H,4,7-10H2,1-3H3. The summed E-state index contributed by atoms with van der Waals surface area (Å²) in [5.41, 5.74) is 1.39. The van der Waals surface area contributed by atoms with Crippen molar-refractivity contribution >= 4 is 11.7 Å². The van der Waals surface area contributed by atoms with Gasteiger partial charge in [-0.1, -0.05) is 6.07 Å². The van der Waals surface area contributed by atoms with Crippen LogP contribution in [0.5, 0.6) is 0 Å². The quantitative estimate of drug-likeness (QED) is 0.816. The molecule has 21 heavy (non-hydrogen) atoms. The molecule has 1 aromatic rings. The molecule has 0 saturated carbocycles. The van der Waals surface area contributed by atoms with Gasteiger partial charge in [-0.2, -0.15) is 0 Å². The number of fused-ring (bicyclic) bond motifs is 1. The van der Waals surface area contributed by atoms with E-state index in [9.17, 15) is 9.18 Å². The summed E-state index contributed by atoms with van der Waals surface area (Å²) in [5, 5.41) is 3.05. The van der Waals surface area contributed by atoms with Gasteiger partial charge < -0.3 is 15.0 Å². The Balaban J connectivity index is 2.04. The number of esters is 1. The first-order valence-electron chi connectivity index (χ1n) is 7.39. The number of benzene rings is 1. The van der Waals surface area contributed by atoms with Crippen LogP contribution in [0, 0.1) is 5.82 Å². The summed E-state index contributed by atoms with van der Waals surface area (Å²) in [6.45, 7) is 5.56. The second kappa shape index (κ2) is 6.43. The van der Waals surface area contributed by atoms with Crippen molar-refractivity contribution in [3.05, 3.63) is 29.6 Å². The van der Waals surface area contributed by atoms with E-state index in [0.717, 1.165) is 18.7 Å². The number of hydrogen-bond acceptors (Lipinski definition) is 4. The average molecular weight is 294 g/mol. The molecule has 0 saturated heterocycles. The zero-order chi connectivity index (χ0) is 15.5. The first-order chi connectivity index (χ1) is 10.00. The third-order valence-corrected chi connectivity index (χ3v) is 4.20. The number of anilines is 1. The van der Waals surface area contributed by atoms with Crippen molar-refractivity contribution in [2.24, 2.45) is 0 Å². The Morgan fingerprint density at radius 1 is 1.52 bits per heavy atom. The van der Waals surface area contributed by atoms with Crippen molar-refractivity contribution < 1.29 is 13.9 Å². The zero-order valence-electron chi connectivity index (χ0n) is 12.9. The molecule has 0 radical (unpaired) electrons. The van der Waals surface area contributed by atoms with Gasteiger partial charge in [-0.05, 0) is 51.4 Å². The molecule has 2 rings (SSSR count). The molecule has 1 aliphatic heterocycles. The van der Waals surface area contributed by atoms with Crippen molar-refractivity contribution in [1.82, 2.24) is 5.32 Å². The molecule has 0 bridgehead atoms. The van der Waals surface area contributed by atoms with E-state index in [0.29, 0.717) is 19.6 Å². The van der Waals surface area contributed by atoms with Crippen LogP contribution in [0.1, 0.15) is 25.8 Å². The van der Waals surface area contributed by atoms with Gasteiger partial charge in [-0.15, -0.1) is 0 Å². The largest absolute Gasteiger partial charge is 0.465 e. The van der Waals surface area contributed by atoms with E-state index in [2.05, 4.69) is 10.2 Å². The van der Waals surface area contributed by atoms with Gasteiger partial charge in [0.1, 0.15) is 11.4 Å². The predicted octanol–water partition coefficient (Wildman–Crippen LogP) is 2.12. The lowest BCUT2D eigenvalue weighted by Gasteiger charge is -2.29. The fourth-order valence-corrected chi connectivity index (χ4v) is 2.63. The Bertz CT molecular complexity index is 521. The molecule has 1 unspecified atom stereocenters. The van der Waals surface area contributed by atoms with Crippen molar-refractivity contribution in [3.63, 3.8) is 0 Å². The minimum Gasteiger partial charge on any atom is -0.465 e. The molecule has 5 heteroatoms. The summed E-state index contributed by atoms with van der Waals surface area (Å²) in [6.07, 6.45) is 1.53. The van der Waals surface area contributed by atoms with Gasteiger partial charge in [-0.25, -0.2) is 4.39 Å². The summed E-state index contributed by atoms with van der Waals surface area (Å²) >= 11 is 0. The normalized spacial score (nSPS) is 16.5. The van der Waals surface area contributed by atoms with Crippen LogP contribution >= 0.6 is 0 Å². The predicted molar refractivity (Wildman–Crippen MR) is 81.0 cm³/mol. The van der Waals surface area contributed by atoms with Gasteiger partial charge in [-0.3, -0.25) is 4.79 Å². The summed E-state index contributed by atoms with van der Waals surface area (Å²) in [5.74, 6) is -0.464. The third kappa shape index (κ3) is 3.35. The molecule has 0 spiro atoms. The highest BCUT2D eigenvalue weighted by molar-refractivity contribution is 5.80. The summed E-state index contributed by atoms with van der Waals surface area (Å²) in [4.78, 5) is 14.2. The number of halogens is 1. The van der Waals surface area contributed by atoms with E-state index >= 15 is 0 Å². The number of carbonyl (C=O) groups is 1. The van der Waals surface area contributed by atoms with E-state index in [1.165, 1.54) is 11.6 Å². The molecule has 4 nitrogen and oxygen atoms in total. The van der Waals surface area contributed by atoms with Crippen LogP contribution in [0.4, 0.5) is 10.1 Å². The van der Waals surface area contributed by atoms with Crippen LogP contribution in [0.15, 0.2) is 18.2 Å². The maximum absolute atomic E-state index is 13.4. The highest BCUT2D eigenvalue weighted by Gasteiger charge is 2.34. The monoisotopic (exact) mass is 294 g/mol. The number of ether oxygens (including phenoxy) is 1. The van der Waals surface area contributed by atoms with E-state index in [4.69, 9.17) is 4.74 Å². The molecular weight excluding hydrogens is 271 g/mol. The van der Waals surface area contributed by atoms with Crippen LogP contribution in [-0.2, 0) is 16.0 Å². The maximum atomic E-state index is 13.4. The lowest BCUT2D eigenvalue weighted by Crippen LogP contribution is -2.50. The number of carbonyl (C=O) groups excluding carboxylic acids is 1. The molecule has 1 heterocycles. The molecule has 1 aromatic carbocycles. The Labute approximate surface area is 125 Å². The Hall–Kier alpha value is -1.62. The third-order valence-electron chi connectivity index (χ3n) is 4.20. The van der Waals surface area contributed by atoms with E-state index in [1.54, 1.807) is 20.0 Å². The molecule has 0 fully saturated rings. The molecule has 1 atom stereocenters. The highest BCUT2D eigenvalue weighted by atomic mass is 19.1. The highest BCUT2D eigenvalue weighted by Crippen LogP contribution is 2.29. The summed E-state index contributed by atoms with van der Waals surface area (Å²) < 4.78 is 18.5. The lowest BCUT2D eigenvalue weighted by atomic mass is 9.98. The van der Waals surface area contributed by atoms with Gasteiger partial charge in [0, 0.05) is 18.8 Å². The molecule has 0 aliphatic carbocycles. The van der Waals surface area contributed by atoms with Gasteiger partial charge in [0.05, 0.1) is 6.61 Å². The fourth-order valence-electron chi connectivity index (χ4n) is 2.63. The van der Waals surface area contributed by atoms with Crippen molar-refractivity contribution in [1.29, 1.82) is 0 Å². The number of nitrogens with zero attached hydrogens (tertiary/aromatic N) is 1. The van der Waals surface area contributed by atoms with E-state index in [1.807, 2.05) is 13.0 Å². The Morgan fingerprint density at radius 2 is 2.29 bits per heavy atom. The minimum atomic E-state index is -0.716. The Kier molecular flexibility index (Phi) is 4.83.